The van der Waals surface area contributed by atoms with Gasteiger partial charge in [0.05, 0.1) is 11.3 Å². The molecule has 1 aliphatic rings. The smallest absolute Gasteiger partial charge is 0.232 e. The Kier molecular flexibility index (Phi) is 3.49. The number of para-hydroxylation sites is 1. The number of hydrogen-bond acceptors (Lipinski definition) is 1. The van der Waals surface area contributed by atoms with E-state index in [2.05, 4.69) is 11.4 Å². The molecule has 2 nitrogen and oxygen atoms in total. The van der Waals surface area contributed by atoms with E-state index in [1.807, 2.05) is 49.4 Å². The fourth-order valence-corrected chi connectivity index (χ4v) is 2.86. The van der Waals surface area contributed by atoms with E-state index < -0.39 is 0 Å². The van der Waals surface area contributed by atoms with Crippen molar-refractivity contribution >= 4 is 23.2 Å². The Labute approximate surface area is 123 Å². The summed E-state index contributed by atoms with van der Waals surface area (Å²) in [5.41, 5.74) is 4.17. The van der Waals surface area contributed by atoms with E-state index in [9.17, 15) is 4.79 Å². The van der Waals surface area contributed by atoms with E-state index in [-0.39, 0.29) is 17.2 Å². The number of nitrogens with one attached hydrogen (secondary N) is 1. The number of rotatable bonds is 3. The van der Waals surface area contributed by atoms with Gasteiger partial charge in [-0.2, -0.15) is 0 Å². The number of hydrogen-bond donors (Lipinski definition) is 1. The van der Waals surface area contributed by atoms with Crippen molar-refractivity contribution in [1.29, 1.82) is 0 Å². The first-order valence-corrected chi connectivity index (χ1v) is 7.22. The lowest BCUT2D eigenvalue weighted by molar-refractivity contribution is -0.118. The number of anilines is 1. The second-order valence-electron chi connectivity index (χ2n) is 5.15. The van der Waals surface area contributed by atoms with Gasteiger partial charge in [-0.25, -0.2) is 0 Å². The Bertz CT molecular complexity index is 651. The fraction of sp³-hybridized carbons (Fsp3) is 0.235. The van der Waals surface area contributed by atoms with Crippen LogP contribution in [-0.4, -0.2) is 5.91 Å². The zero-order chi connectivity index (χ0) is 14.1. The molecule has 0 bridgehead atoms. The molecule has 20 heavy (non-hydrogen) atoms. The molecule has 1 amide bonds. The molecule has 2 aromatic rings. The van der Waals surface area contributed by atoms with Gasteiger partial charge >= 0.3 is 0 Å². The molecule has 2 unspecified atom stereocenters. The summed E-state index contributed by atoms with van der Waals surface area (Å²) in [6.07, 6.45) is 0.820. The largest absolute Gasteiger partial charge is 0.325 e. The number of amides is 1. The van der Waals surface area contributed by atoms with Gasteiger partial charge in [0.25, 0.3) is 0 Å². The second-order valence-corrected chi connectivity index (χ2v) is 5.80. The van der Waals surface area contributed by atoms with Gasteiger partial charge in [0.15, 0.2) is 0 Å². The zero-order valence-corrected chi connectivity index (χ0v) is 12.0. The molecule has 0 saturated heterocycles. The summed E-state index contributed by atoms with van der Waals surface area (Å²) in [5.74, 6) is 0.0124. The molecule has 3 heteroatoms. The molecular formula is C17H16ClNO. The van der Waals surface area contributed by atoms with Crippen LogP contribution in [0.15, 0.2) is 48.5 Å². The number of fused-ring (bicyclic) bond motifs is 1. The molecule has 0 spiro atoms. The minimum absolute atomic E-state index is 0.0371. The van der Waals surface area contributed by atoms with Crippen molar-refractivity contribution in [3.05, 3.63) is 65.2 Å². The summed E-state index contributed by atoms with van der Waals surface area (Å²) in [4.78, 5) is 12.4. The maximum atomic E-state index is 12.4. The zero-order valence-electron chi connectivity index (χ0n) is 11.3. The van der Waals surface area contributed by atoms with Crippen LogP contribution >= 0.6 is 11.6 Å². The van der Waals surface area contributed by atoms with Gasteiger partial charge in [-0.3, -0.25) is 4.79 Å². The summed E-state index contributed by atoms with van der Waals surface area (Å²) >= 11 is 6.15. The highest BCUT2D eigenvalue weighted by atomic mass is 35.5. The Morgan fingerprint density at radius 3 is 2.65 bits per heavy atom. The van der Waals surface area contributed by atoms with Crippen LogP contribution in [-0.2, 0) is 11.2 Å². The lowest BCUT2D eigenvalue weighted by Crippen LogP contribution is -2.30. The van der Waals surface area contributed by atoms with Crippen LogP contribution in [0.2, 0.25) is 0 Å². The van der Waals surface area contributed by atoms with Crippen molar-refractivity contribution in [2.75, 3.05) is 5.32 Å². The molecule has 3 rings (SSSR count). The van der Waals surface area contributed by atoms with Crippen LogP contribution in [0.4, 0.5) is 5.69 Å². The van der Waals surface area contributed by atoms with E-state index in [0.717, 1.165) is 23.2 Å². The van der Waals surface area contributed by atoms with Crippen molar-refractivity contribution < 1.29 is 4.79 Å². The van der Waals surface area contributed by atoms with E-state index in [1.165, 1.54) is 5.56 Å². The third-order valence-electron chi connectivity index (χ3n) is 3.82. The Morgan fingerprint density at radius 2 is 1.90 bits per heavy atom. The minimum Gasteiger partial charge on any atom is -0.325 e. The fourth-order valence-electron chi connectivity index (χ4n) is 2.67. The molecule has 0 radical (unpaired) electrons. The number of carbonyl (C=O) groups is 1. The predicted octanol–water partition coefficient (Wildman–Crippen LogP) is 4.26. The van der Waals surface area contributed by atoms with Crippen LogP contribution in [0.1, 0.15) is 34.9 Å². The van der Waals surface area contributed by atoms with Crippen LogP contribution < -0.4 is 5.32 Å². The van der Waals surface area contributed by atoms with E-state index >= 15 is 0 Å². The maximum Gasteiger partial charge on any atom is 0.232 e. The first-order chi connectivity index (χ1) is 9.66. The average molecular weight is 286 g/mol. The van der Waals surface area contributed by atoms with Crippen LogP contribution in [0.5, 0.6) is 0 Å². The van der Waals surface area contributed by atoms with Gasteiger partial charge in [0.1, 0.15) is 0 Å². The Balaban J connectivity index is 1.79. The average Bonchev–Trinajstić information content (AvgIpc) is 2.40. The van der Waals surface area contributed by atoms with Crippen molar-refractivity contribution in [2.45, 2.75) is 24.6 Å². The minimum atomic E-state index is -0.125. The van der Waals surface area contributed by atoms with E-state index in [1.54, 1.807) is 0 Å². The molecule has 0 aliphatic heterocycles. The number of alkyl halides is 1. The summed E-state index contributed by atoms with van der Waals surface area (Å²) < 4.78 is 0. The quantitative estimate of drug-likeness (QED) is 0.839. The summed E-state index contributed by atoms with van der Waals surface area (Å²) in [5, 5.41) is 2.89. The summed E-state index contributed by atoms with van der Waals surface area (Å²) in [7, 11) is 0. The first-order valence-electron chi connectivity index (χ1n) is 6.78. The topological polar surface area (TPSA) is 29.1 Å². The van der Waals surface area contributed by atoms with E-state index in [0.29, 0.717) is 0 Å². The highest BCUT2D eigenvalue weighted by molar-refractivity contribution is 6.21. The molecule has 0 aromatic heterocycles. The highest BCUT2D eigenvalue weighted by Crippen LogP contribution is 2.36. The third-order valence-corrected chi connectivity index (χ3v) is 4.05. The lowest BCUT2D eigenvalue weighted by Gasteiger charge is -2.29. The van der Waals surface area contributed by atoms with Crippen molar-refractivity contribution in [3.63, 3.8) is 0 Å². The van der Waals surface area contributed by atoms with Gasteiger partial charge < -0.3 is 5.32 Å². The van der Waals surface area contributed by atoms with Gasteiger partial charge in [-0.05, 0) is 36.1 Å². The monoisotopic (exact) mass is 285 g/mol. The summed E-state index contributed by atoms with van der Waals surface area (Å²) in [6.45, 7) is 1.91. The molecule has 2 atom stereocenters. The van der Waals surface area contributed by atoms with Crippen LogP contribution in [0, 0.1) is 0 Å². The van der Waals surface area contributed by atoms with Gasteiger partial charge in [-0.15, -0.1) is 11.6 Å². The number of halogens is 1. The normalized spacial score (nSPS) is 17.8. The SMILES string of the molecule is CC(Cl)c1ccccc1NC(=O)C1Cc2ccccc21. The van der Waals surface area contributed by atoms with Crippen molar-refractivity contribution in [1.82, 2.24) is 0 Å². The molecule has 0 heterocycles. The summed E-state index contributed by atoms with van der Waals surface area (Å²) in [6, 6.07) is 15.8. The van der Waals surface area contributed by atoms with Crippen LogP contribution in [0.25, 0.3) is 0 Å². The van der Waals surface area contributed by atoms with E-state index in [4.69, 9.17) is 11.6 Å². The van der Waals surface area contributed by atoms with Crippen molar-refractivity contribution in [3.8, 4) is 0 Å². The molecular weight excluding hydrogens is 270 g/mol. The van der Waals surface area contributed by atoms with Gasteiger partial charge in [0.2, 0.25) is 5.91 Å². The molecule has 0 fully saturated rings. The van der Waals surface area contributed by atoms with Gasteiger partial charge in [0, 0.05) is 5.69 Å². The van der Waals surface area contributed by atoms with Crippen LogP contribution in [0.3, 0.4) is 0 Å². The predicted molar refractivity (Wildman–Crippen MR) is 82.2 cm³/mol. The number of benzene rings is 2. The molecule has 102 valence electrons. The molecule has 1 N–H and O–H groups in total. The maximum absolute atomic E-state index is 12.4. The Morgan fingerprint density at radius 1 is 1.20 bits per heavy atom. The molecule has 1 aliphatic carbocycles. The highest BCUT2D eigenvalue weighted by Gasteiger charge is 2.31. The second kappa shape index (κ2) is 5.29. The number of carbonyl (C=O) groups excluding carboxylic acids is 1. The van der Waals surface area contributed by atoms with Crippen molar-refractivity contribution in [2.24, 2.45) is 0 Å². The third kappa shape index (κ3) is 2.32. The molecule has 2 aromatic carbocycles. The Hall–Kier alpha value is -1.80. The standard InChI is InChI=1S/C17H16ClNO/c1-11(18)13-7-4-5-9-16(13)19-17(20)15-10-12-6-2-3-8-14(12)15/h2-9,11,15H,10H2,1H3,(H,19,20). The first kappa shape index (κ1) is 13.2. The van der Waals surface area contributed by atoms with Gasteiger partial charge in [-0.1, -0.05) is 42.5 Å². The molecule has 0 saturated carbocycles. The lowest BCUT2D eigenvalue weighted by atomic mass is 9.77.